The molecule has 130 valence electrons. The monoisotopic (exact) mass is 325 g/mol. The van der Waals surface area contributed by atoms with Crippen molar-refractivity contribution in [2.45, 2.75) is 45.7 Å². The Morgan fingerprint density at radius 2 is 1.21 bits per heavy atom. The zero-order valence-electron chi connectivity index (χ0n) is 15.5. The van der Waals surface area contributed by atoms with E-state index in [-0.39, 0.29) is 0 Å². The van der Waals surface area contributed by atoms with Crippen molar-refractivity contribution in [3.05, 3.63) is 71.8 Å². The molecule has 0 amide bonds. The maximum absolute atomic E-state index is 6.09. The summed E-state index contributed by atoms with van der Waals surface area (Å²) in [6.07, 6.45) is 0. The molecule has 0 unspecified atom stereocenters. The Morgan fingerprint density at radius 3 is 1.62 bits per heavy atom. The van der Waals surface area contributed by atoms with Crippen molar-refractivity contribution in [1.29, 1.82) is 0 Å². The third kappa shape index (κ3) is 5.47. The van der Waals surface area contributed by atoms with E-state index >= 15 is 0 Å². The van der Waals surface area contributed by atoms with E-state index in [9.17, 15) is 0 Å². The van der Waals surface area contributed by atoms with Crippen molar-refractivity contribution in [3.8, 4) is 0 Å². The molecule has 0 aromatic heterocycles. The molecule has 0 radical (unpaired) electrons. The first-order chi connectivity index (χ1) is 11.6. The predicted molar refractivity (Wildman–Crippen MR) is 103 cm³/mol. The quantitative estimate of drug-likeness (QED) is 0.605. The third-order valence-electron chi connectivity index (χ3n) is 4.51. The molecule has 2 rings (SSSR count). The predicted octanol–water partition coefficient (Wildman–Crippen LogP) is 4.95. The van der Waals surface area contributed by atoms with Gasteiger partial charge in [-0.05, 0) is 38.8 Å². The van der Waals surface area contributed by atoms with Gasteiger partial charge in [0.25, 0.3) is 0 Å². The largest absolute Gasteiger partial charge is 0.379 e. The summed E-state index contributed by atoms with van der Waals surface area (Å²) in [7, 11) is 0. The minimum Gasteiger partial charge on any atom is -0.379 e. The molecular weight excluding hydrogens is 294 g/mol. The van der Waals surface area contributed by atoms with Crippen molar-refractivity contribution < 1.29 is 4.74 Å². The second-order valence-corrected chi connectivity index (χ2v) is 6.87. The molecule has 24 heavy (non-hydrogen) atoms. The van der Waals surface area contributed by atoms with Gasteiger partial charge in [-0.25, -0.2) is 0 Å². The Morgan fingerprint density at radius 1 is 0.750 bits per heavy atom. The Bertz CT molecular complexity index is 518. The first-order valence-corrected chi connectivity index (χ1v) is 9.03. The molecule has 0 atom stereocenters. The molecule has 0 aliphatic heterocycles. The van der Waals surface area contributed by atoms with Crippen LogP contribution in [-0.2, 0) is 4.74 Å². The van der Waals surface area contributed by atoms with Gasteiger partial charge in [0.15, 0.2) is 0 Å². The molecule has 0 aliphatic rings. The SMILES string of the molecule is CC(C)N(CCOCC(c1ccccc1)c1ccccc1)C(C)C. The zero-order chi connectivity index (χ0) is 17.4. The summed E-state index contributed by atoms with van der Waals surface area (Å²) >= 11 is 0. The average molecular weight is 325 g/mol. The highest BCUT2D eigenvalue weighted by molar-refractivity contribution is 5.32. The number of hydrogen-bond donors (Lipinski definition) is 0. The van der Waals surface area contributed by atoms with Crippen LogP contribution in [0.1, 0.15) is 44.7 Å². The van der Waals surface area contributed by atoms with Gasteiger partial charge in [-0.15, -0.1) is 0 Å². The van der Waals surface area contributed by atoms with Crippen LogP contribution >= 0.6 is 0 Å². The van der Waals surface area contributed by atoms with Crippen LogP contribution in [0.3, 0.4) is 0 Å². The number of hydrogen-bond acceptors (Lipinski definition) is 2. The standard InChI is InChI=1S/C22H31NO/c1-18(2)23(19(3)4)15-16-24-17-22(20-11-7-5-8-12-20)21-13-9-6-10-14-21/h5-14,18-19,22H,15-17H2,1-4H3. The average Bonchev–Trinajstić information content (AvgIpc) is 2.59. The van der Waals surface area contributed by atoms with Crippen molar-refractivity contribution in [1.82, 2.24) is 4.90 Å². The number of benzene rings is 2. The molecule has 0 N–H and O–H groups in total. The Balaban J connectivity index is 1.97. The van der Waals surface area contributed by atoms with Crippen molar-refractivity contribution in [3.63, 3.8) is 0 Å². The summed E-state index contributed by atoms with van der Waals surface area (Å²) in [5.74, 6) is 0.291. The second kappa shape index (κ2) is 9.61. The van der Waals surface area contributed by atoms with Gasteiger partial charge in [0.05, 0.1) is 13.2 Å². The summed E-state index contributed by atoms with van der Waals surface area (Å²) < 4.78 is 6.09. The highest BCUT2D eigenvalue weighted by atomic mass is 16.5. The van der Waals surface area contributed by atoms with Crippen LogP contribution in [0.2, 0.25) is 0 Å². The fraction of sp³-hybridized carbons (Fsp3) is 0.455. The number of ether oxygens (including phenoxy) is 1. The maximum atomic E-state index is 6.09. The maximum Gasteiger partial charge on any atom is 0.0594 e. The summed E-state index contributed by atoms with van der Waals surface area (Å²) in [5, 5.41) is 0. The second-order valence-electron chi connectivity index (χ2n) is 6.87. The van der Waals surface area contributed by atoms with Crippen LogP contribution in [0.5, 0.6) is 0 Å². The van der Waals surface area contributed by atoms with E-state index in [0.29, 0.717) is 18.0 Å². The van der Waals surface area contributed by atoms with Gasteiger partial charge in [0, 0.05) is 24.5 Å². The van der Waals surface area contributed by atoms with Gasteiger partial charge < -0.3 is 4.74 Å². The van der Waals surface area contributed by atoms with Gasteiger partial charge in [-0.1, -0.05) is 60.7 Å². The van der Waals surface area contributed by atoms with Crippen LogP contribution in [0.4, 0.5) is 0 Å². The third-order valence-corrected chi connectivity index (χ3v) is 4.51. The lowest BCUT2D eigenvalue weighted by molar-refractivity contribution is 0.0749. The van der Waals surface area contributed by atoms with Gasteiger partial charge >= 0.3 is 0 Å². The lowest BCUT2D eigenvalue weighted by Gasteiger charge is -2.30. The molecule has 2 heteroatoms. The minimum absolute atomic E-state index is 0.291. The molecule has 2 aromatic carbocycles. The molecule has 2 aromatic rings. The van der Waals surface area contributed by atoms with Gasteiger partial charge in [-0.2, -0.15) is 0 Å². The Kier molecular flexibility index (Phi) is 7.48. The molecule has 0 saturated heterocycles. The number of rotatable bonds is 9. The minimum atomic E-state index is 0.291. The lowest BCUT2D eigenvalue weighted by Crippen LogP contribution is -2.39. The summed E-state index contributed by atoms with van der Waals surface area (Å²) in [6, 6.07) is 22.4. The highest BCUT2D eigenvalue weighted by Gasteiger charge is 2.16. The smallest absolute Gasteiger partial charge is 0.0594 e. The lowest BCUT2D eigenvalue weighted by atomic mass is 9.92. The summed E-state index contributed by atoms with van der Waals surface area (Å²) in [5.41, 5.74) is 2.63. The molecule has 0 saturated carbocycles. The van der Waals surface area contributed by atoms with Gasteiger partial charge in [-0.3, -0.25) is 4.90 Å². The number of nitrogens with zero attached hydrogens (tertiary/aromatic N) is 1. The summed E-state index contributed by atoms with van der Waals surface area (Å²) in [4.78, 5) is 2.47. The van der Waals surface area contributed by atoms with E-state index in [0.717, 1.165) is 19.8 Å². The van der Waals surface area contributed by atoms with Crippen molar-refractivity contribution in [2.75, 3.05) is 19.8 Å². The fourth-order valence-corrected chi connectivity index (χ4v) is 3.24. The zero-order valence-corrected chi connectivity index (χ0v) is 15.5. The van der Waals surface area contributed by atoms with Crippen LogP contribution in [0.25, 0.3) is 0 Å². The van der Waals surface area contributed by atoms with Crippen molar-refractivity contribution in [2.24, 2.45) is 0 Å². The van der Waals surface area contributed by atoms with Crippen LogP contribution in [0, 0.1) is 0 Å². The van der Waals surface area contributed by atoms with E-state index in [4.69, 9.17) is 4.74 Å². The normalized spacial score (nSPS) is 11.8. The first kappa shape index (κ1) is 18.7. The highest BCUT2D eigenvalue weighted by Crippen LogP contribution is 2.24. The van der Waals surface area contributed by atoms with Gasteiger partial charge in [0.2, 0.25) is 0 Å². The topological polar surface area (TPSA) is 12.5 Å². The van der Waals surface area contributed by atoms with E-state index in [1.807, 2.05) is 0 Å². The Hall–Kier alpha value is -1.64. The van der Waals surface area contributed by atoms with Gasteiger partial charge in [0.1, 0.15) is 0 Å². The molecule has 0 aliphatic carbocycles. The van der Waals surface area contributed by atoms with E-state index in [1.54, 1.807) is 0 Å². The van der Waals surface area contributed by atoms with Crippen LogP contribution in [-0.4, -0.2) is 36.7 Å². The van der Waals surface area contributed by atoms with Crippen LogP contribution in [0.15, 0.2) is 60.7 Å². The van der Waals surface area contributed by atoms with E-state index in [2.05, 4.69) is 93.3 Å². The summed E-state index contributed by atoms with van der Waals surface area (Å²) in [6.45, 7) is 11.5. The molecule has 2 nitrogen and oxygen atoms in total. The Labute approximate surface area is 147 Å². The molecule has 0 heterocycles. The first-order valence-electron chi connectivity index (χ1n) is 9.03. The molecule has 0 bridgehead atoms. The molecule has 0 spiro atoms. The van der Waals surface area contributed by atoms with E-state index in [1.165, 1.54) is 11.1 Å². The molecule has 0 fully saturated rings. The molecular formula is C22H31NO. The van der Waals surface area contributed by atoms with E-state index < -0.39 is 0 Å². The fourth-order valence-electron chi connectivity index (χ4n) is 3.24. The van der Waals surface area contributed by atoms with Crippen molar-refractivity contribution >= 4 is 0 Å². The van der Waals surface area contributed by atoms with Crippen LogP contribution < -0.4 is 0 Å².